The molecule has 0 rings (SSSR count). The summed E-state index contributed by atoms with van der Waals surface area (Å²) in [6, 6.07) is 0.551. The molecule has 76 heavy (non-hydrogen) atoms. The molecular formula is C48H122N10O18. The van der Waals surface area contributed by atoms with E-state index < -0.39 is 35.8 Å². The van der Waals surface area contributed by atoms with E-state index in [9.17, 15) is 19.2 Å². The molecule has 472 valence electrons. The second-order valence-electron chi connectivity index (χ2n) is 13.1. The third-order valence-electron chi connectivity index (χ3n) is 3.95. The van der Waals surface area contributed by atoms with Gasteiger partial charge in [-0.1, -0.05) is 27.7 Å². The van der Waals surface area contributed by atoms with Gasteiger partial charge in [-0.05, 0) is 138 Å². The number of ether oxygens (including phenoxy) is 2. The minimum Gasteiger partial charge on any atom is -0.481 e. The number of hydrogen-bond acceptors (Lipinski definition) is 20. The Morgan fingerprint density at radius 2 is 0.447 bits per heavy atom. The fourth-order valence-electron chi connectivity index (χ4n) is 1.92. The van der Waals surface area contributed by atoms with Crippen LogP contribution in [0.25, 0.3) is 0 Å². The summed E-state index contributed by atoms with van der Waals surface area (Å²) in [4.78, 5) is 98.9. The molecule has 0 heterocycles. The minimum absolute atomic E-state index is 0.0255. The zero-order valence-electron chi connectivity index (χ0n) is 53.1. The van der Waals surface area contributed by atoms with Crippen LogP contribution in [0.3, 0.4) is 0 Å². The van der Waals surface area contributed by atoms with Gasteiger partial charge >= 0.3 is 11.9 Å². The van der Waals surface area contributed by atoms with Gasteiger partial charge in [0.25, 0.3) is 35.8 Å². The van der Waals surface area contributed by atoms with Crippen LogP contribution in [0, 0.1) is 0 Å². The Bertz CT molecular complexity index is 941. The molecule has 28 heteroatoms. The molecule has 0 saturated carbocycles. The number of carboxylic acid groups (broad SMARTS) is 6. The highest BCUT2D eigenvalue weighted by Gasteiger charge is 1.95. The quantitative estimate of drug-likeness (QED) is 0.155. The molecule has 0 fully saturated rings. The van der Waals surface area contributed by atoms with Crippen LogP contribution in [0.1, 0.15) is 152 Å². The van der Waals surface area contributed by atoms with E-state index >= 15 is 0 Å². The van der Waals surface area contributed by atoms with Gasteiger partial charge < -0.3 is 94.9 Å². The maximum atomic E-state index is 10.1. The monoisotopic (exact) mass is 1130 g/mol. The lowest BCUT2D eigenvalue weighted by molar-refractivity contribution is -0.145. The first kappa shape index (κ1) is 123. The Morgan fingerprint density at radius 1 is 0.342 bits per heavy atom. The van der Waals surface area contributed by atoms with E-state index in [2.05, 4.69) is 106 Å². The van der Waals surface area contributed by atoms with E-state index in [0.29, 0.717) is 0 Å². The molecule has 0 aromatic heterocycles. The summed E-state index contributed by atoms with van der Waals surface area (Å²) in [5, 5.41) is 49.8. The summed E-state index contributed by atoms with van der Waals surface area (Å²) < 4.78 is 9.22. The van der Waals surface area contributed by atoms with Crippen LogP contribution in [-0.4, -0.2) is 207 Å². The molecule has 0 radical (unpaired) electrons. The Hall–Kier alpha value is -5.62. The lowest BCUT2D eigenvalue weighted by atomic mass is 10.4. The highest BCUT2D eigenvalue weighted by Crippen LogP contribution is 1.86. The highest BCUT2D eigenvalue weighted by atomic mass is 16.5. The normalized spacial score (nSPS) is 7.39. The molecule has 0 aliphatic heterocycles. The number of carbonyl (C=O) groups excluding carboxylic acids is 4. The topological polar surface area (TPSA) is 497 Å². The van der Waals surface area contributed by atoms with Crippen LogP contribution in [-0.2, 0) is 57.4 Å². The number of nitrogens with one attached hydrogen (secondary N) is 2. The molecule has 0 spiro atoms. The number of carbonyl (C=O) groups is 10. The van der Waals surface area contributed by atoms with Gasteiger partial charge in [0.15, 0.2) is 0 Å². The van der Waals surface area contributed by atoms with E-state index in [1.807, 2.05) is 55.4 Å². The van der Waals surface area contributed by atoms with E-state index in [4.69, 9.17) is 59.4 Å². The zero-order valence-corrected chi connectivity index (χ0v) is 53.1. The van der Waals surface area contributed by atoms with Crippen molar-refractivity contribution in [1.82, 2.24) is 20.4 Å². The summed E-state index contributed by atoms with van der Waals surface area (Å²) in [6.45, 7) is 40.6. The molecule has 20 N–H and O–H groups in total. The molecule has 0 aliphatic rings. The molecule has 0 atom stereocenters. The van der Waals surface area contributed by atoms with Gasteiger partial charge in [-0.3, -0.25) is 47.9 Å². The number of nitrogens with two attached hydrogens (primary N) is 6. The van der Waals surface area contributed by atoms with E-state index in [0.717, 1.165) is 67.7 Å². The summed E-state index contributed by atoms with van der Waals surface area (Å²) in [7, 11) is 13.2. The van der Waals surface area contributed by atoms with Crippen LogP contribution >= 0.6 is 0 Å². The van der Waals surface area contributed by atoms with Crippen LogP contribution < -0.4 is 45.0 Å². The Morgan fingerprint density at radius 3 is 0.447 bits per heavy atom. The van der Waals surface area contributed by atoms with Crippen molar-refractivity contribution < 1.29 is 88.1 Å². The lowest BCUT2D eigenvalue weighted by Crippen LogP contribution is -2.27. The predicted octanol–water partition coefficient (Wildman–Crippen LogP) is 2.89. The summed E-state index contributed by atoms with van der Waals surface area (Å²) in [5.74, 6) is -5.35. The molecule has 0 bridgehead atoms. The summed E-state index contributed by atoms with van der Waals surface area (Å²) in [6.07, 6.45) is 0.0509. The summed E-state index contributed by atoms with van der Waals surface area (Å²) >= 11 is 0. The highest BCUT2D eigenvalue weighted by molar-refractivity contribution is 5.73. The Balaban J connectivity index is -0.0000000298. The zero-order chi connectivity index (χ0) is 66.9. The van der Waals surface area contributed by atoms with Crippen molar-refractivity contribution in [3.05, 3.63) is 0 Å². The van der Waals surface area contributed by atoms with Crippen molar-refractivity contribution in [2.75, 3.05) is 82.6 Å². The number of amides is 2. The van der Waals surface area contributed by atoms with Crippen molar-refractivity contribution >= 4 is 59.6 Å². The molecule has 0 saturated heterocycles. The molecule has 0 aromatic carbocycles. The second-order valence-corrected chi connectivity index (χ2v) is 13.1. The number of nitrogens with zero attached hydrogens (tertiary/aromatic N) is 2. The molecule has 0 aliphatic carbocycles. The lowest BCUT2D eigenvalue weighted by Gasteiger charge is -2.07. The van der Waals surface area contributed by atoms with Crippen molar-refractivity contribution in [2.24, 2.45) is 34.4 Å². The average molecular weight is 1130 g/mol. The smallest absolute Gasteiger partial charge is 0.302 e. The van der Waals surface area contributed by atoms with Crippen molar-refractivity contribution in [3.8, 4) is 0 Å². The van der Waals surface area contributed by atoms with E-state index in [-0.39, 0.29) is 48.0 Å². The largest absolute Gasteiger partial charge is 0.481 e. The molecule has 0 aromatic rings. The first-order chi connectivity index (χ1) is 34.5. The van der Waals surface area contributed by atoms with Crippen LogP contribution in [0.4, 0.5) is 0 Å². The fourth-order valence-corrected chi connectivity index (χ4v) is 1.92. The van der Waals surface area contributed by atoms with Gasteiger partial charge in [0.1, 0.15) is 0 Å². The van der Waals surface area contributed by atoms with Crippen LogP contribution in [0.2, 0.25) is 0 Å². The predicted molar refractivity (Wildman–Crippen MR) is 310 cm³/mol. The van der Waals surface area contributed by atoms with Gasteiger partial charge in [0.05, 0.1) is 12.2 Å². The van der Waals surface area contributed by atoms with E-state index in [1.54, 1.807) is 0 Å². The summed E-state index contributed by atoms with van der Waals surface area (Å²) in [5.41, 5.74) is 27.0. The Kier molecular flexibility index (Phi) is 208. The first-order valence-corrected chi connectivity index (χ1v) is 23.4. The van der Waals surface area contributed by atoms with Gasteiger partial charge in [-0.15, -0.1) is 0 Å². The number of aliphatic carboxylic acids is 6. The number of rotatable bonds is 8. The Labute approximate surface area is 460 Å². The SMILES string of the molecule is CC(=O)NC(C)C.CC(=O)NC(C)C.CC(=O)O.CC(=O)O.CC(=O)O.CC(=O)O.CC(=O)O.CC(=O)O.CC(=O)OC(C)C.CC(=O)OC(C)C.CCN(C)CC.CCN(C)CC.CN.CN.CN.CN.CN.CN. The van der Waals surface area contributed by atoms with Gasteiger partial charge in [0.2, 0.25) is 11.8 Å². The number of carboxylic acids is 6. The standard InChI is InChI=1S/2C5H11NO.2C5H13N.2C5H10O2.6C2H4O2.6CH5N/c2*1-4(2)6-5(3)7;2*1-4-6(3)5-2;2*1-4(2)7-5(3)6;6*1-2(3)4;6*1-2/h2*4H,1-3H3,(H,6,7);2*4-5H2,1-3H3;2*4H,1-3H3;6*1H3,(H,3,4);6*2H2,1H3. The van der Waals surface area contributed by atoms with Crippen LogP contribution in [0.5, 0.6) is 0 Å². The van der Waals surface area contributed by atoms with Gasteiger partial charge in [-0.25, -0.2) is 0 Å². The third kappa shape index (κ3) is 919. The maximum Gasteiger partial charge on any atom is 0.302 e. The van der Waals surface area contributed by atoms with Crippen molar-refractivity contribution in [3.63, 3.8) is 0 Å². The fraction of sp³-hybridized carbons (Fsp3) is 0.792. The maximum absolute atomic E-state index is 10.1. The van der Waals surface area contributed by atoms with Gasteiger partial charge in [-0.2, -0.15) is 0 Å². The number of hydrogen-bond donors (Lipinski definition) is 14. The second kappa shape index (κ2) is 128. The molecule has 2 amide bonds. The van der Waals surface area contributed by atoms with Crippen LogP contribution in [0.15, 0.2) is 0 Å². The molecular weight excluding hydrogens is 1000 g/mol. The van der Waals surface area contributed by atoms with Crippen molar-refractivity contribution in [2.45, 2.75) is 177 Å². The third-order valence-corrected chi connectivity index (χ3v) is 3.95. The molecule has 28 nitrogen and oxygen atoms in total. The van der Waals surface area contributed by atoms with E-state index in [1.165, 1.54) is 70.0 Å². The average Bonchev–Trinajstić information content (AvgIpc) is 3.25. The van der Waals surface area contributed by atoms with Crippen molar-refractivity contribution in [1.29, 1.82) is 0 Å². The molecule has 0 unspecified atom stereocenters. The minimum atomic E-state index is -0.833. The van der Waals surface area contributed by atoms with Gasteiger partial charge in [0, 0.05) is 81.3 Å². The first-order valence-electron chi connectivity index (χ1n) is 23.4. The number of esters is 2.